The summed E-state index contributed by atoms with van der Waals surface area (Å²) in [7, 11) is 0. The largest absolute Gasteiger partial charge is 0.323 e. The molecule has 0 saturated heterocycles. The van der Waals surface area contributed by atoms with Gasteiger partial charge < -0.3 is 5.73 Å². The molecule has 0 aliphatic heterocycles. The van der Waals surface area contributed by atoms with Crippen LogP contribution in [-0.2, 0) is 0 Å². The van der Waals surface area contributed by atoms with E-state index in [0.717, 1.165) is 29.6 Å². The second-order valence-corrected chi connectivity index (χ2v) is 4.86. The fourth-order valence-electron chi connectivity index (χ4n) is 1.81. The number of nitrogens with two attached hydrogens (primary N) is 1. The summed E-state index contributed by atoms with van der Waals surface area (Å²) < 4.78 is 0. The van der Waals surface area contributed by atoms with Gasteiger partial charge in [0.25, 0.3) is 0 Å². The van der Waals surface area contributed by atoms with Crippen molar-refractivity contribution in [3.63, 3.8) is 0 Å². The Morgan fingerprint density at radius 2 is 1.82 bits per heavy atom. The van der Waals surface area contributed by atoms with Gasteiger partial charge in [-0.1, -0.05) is 26.0 Å². The lowest BCUT2D eigenvalue weighted by Crippen LogP contribution is -2.13. The molecule has 0 spiro atoms. The first-order valence-corrected chi connectivity index (χ1v) is 6.14. The van der Waals surface area contributed by atoms with E-state index in [1.54, 1.807) is 6.20 Å². The summed E-state index contributed by atoms with van der Waals surface area (Å²) in [6.45, 7) is 4.41. The number of benzene rings is 1. The highest BCUT2D eigenvalue weighted by Crippen LogP contribution is 2.18. The number of fused-ring (bicyclic) bond motifs is 1. The fraction of sp³-hybridized carbons (Fsp3) is 0.429. The molecule has 2 rings (SSSR count). The number of nitrogens with zero attached hydrogens (tertiary/aromatic N) is 2. The fourth-order valence-corrected chi connectivity index (χ4v) is 1.81. The summed E-state index contributed by atoms with van der Waals surface area (Å²) in [6.07, 6.45) is 3.88. The third kappa shape index (κ3) is 3.01. The number of para-hydroxylation sites is 2. The van der Waals surface area contributed by atoms with Gasteiger partial charge in [0.2, 0.25) is 0 Å². The van der Waals surface area contributed by atoms with Crippen LogP contribution in [0, 0.1) is 5.92 Å². The smallest absolute Gasteiger partial charge is 0.0890 e. The van der Waals surface area contributed by atoms with Crippen LogP contribution in [0.2, 0.25) is 0 Å². The van der Waals surface area contributed by atoms with Gasteiger partial charge >= 0.3 is 0 Å². The molecular weight excluding hydrogens is 210 g/mol. The van der Waals surface area contributed by atoms with Crippen molar-refractivity contribution in [2.24, 2.45) is 11.7 Å². The predicted octanol–water partition coefficient (Wildman–Crippen LogP) is 3.07. The average molecular weight is 229 g/mol. The lowest BCUT2D eigenvalue weighted by molar-refractivity contribution is 0.501. The third-order valence-electron chi connectivity index (χ3n) is 2.90. The summed E-state index contributed by atoms with van der Waals surface area (Å²) in [5, 5.41) is 0. The molecule has 0 aliphatic carbocycles. The molecule has 3 heteroatoms. The third-order valence-corrected chi connectivity index (χ3v) is 2.90. The SMILES string of the molecule is CC(C)CCC(N)c1cnc2ccccc2n1. The van der Waals surface area contributed by atoms with Crippen molar-refractivity contribution in [1.29, 1.82) is 0 Å². The zero-order valence-corrected chi connectivity index (χ0v) is 10.4. The van der Waals surface area contributed by atoms with Crippen molar-refractivity contribution in [1.82, 2.24) is 9.97 Å². The highest BCUT2D eigenvalue weighted by atomic mass is 14.8. The van der Waals surface area contributed by atoms with Crippen LogP contribution in [0.1, 0.15) is 38.4 Å². The Hall–Kier alpha value is -1.48. The van der Waals surface area contributed by atoms with Crippen LogP contribution in [0.5, 0.6) is 0 Å². The molecule has 1 aromatic carbocycles. The van der Waals surface area contributed by atoms with Crippen molar-refractivity contribution in [3.05, 3.63) is 36.2 Å². The van der Waals surface area contributed by atoms with Crippen molar-refractivity contribution in [2.75, 3.05) is 0 Å². The summed E-state index contributed by atoms with van der Waals surface area (Å²) in [5.41, 5.74) is 8.87. The minimum atomic E-state index is -0.00509. The van der Waals surface area contributed by atoms with Crippen LogP contribution in [0.15, 0.2) is 30.5 Å². The molecule has 0 aliphatic rings. The molecule has 0 bridgehead atoms. The molecule has 3 nitrogen and oxygen atoms in total. The van der Waals surface area contributed by atoms with Gasteiger partial charge in [0.15, 0.2) is 0 Å². The molecule has 2 aromatic rings. The van der Waals surface area contributed by atoms with Crippen LogP contribution in [-0.4, -0.2) is 9.97 Å². The molecule has 17 heavy (non-hydrogen) atoms. The van der Waals surface area contributed by atoms with E-state index in [-0.39, 0.29) is 6.04 Å². The Morgan fingerprint density at radius 1 is 1.12 bits per heavy atom. The minimum Gasteiger partial charge on any atom is -0.323 e. The van der Waals surface area contributed by atoms with Crippen molar-refractivity contribution in [3.8, 4) is 0 Å². The van der Waals surface area contributed by atoms with Gasteiger partial charge in [0, 0.05) is 6.04 Å². The quantitative estimate of drug-likeness (QED) is 0.876. The molecule has 0 radical (unpaired) electrons. The molecule has 1 atom stereocenters. The first kappa shape index (κ1) is 12.0. The first-order valence-electron chi connectivity index (χ1n) is 6.14. The Bertz CT molecular complexity index is 494. The molecule has 0 saturated carbocycles. The normalized spacial score (nSPS) is 13.2. The Balaban J connectivity index is 2.18. The molecule has 1 unspecified atom stereocenters. The maximum atomic E-state index is 6.13. The van der Waals surface area contributed by atoms with Gasteiger partial charge in [-0.05, 0) is 30.9 Å². The lowest BCUT2D eigenvalue weighted by Gasteiger charge is -2.12. The van der Waals surface area contributed by atoms with Crippen LogP contribution in [0.4, 0.5) is 0 Å². The second kappa shape index (κ2) is 5.23. The Labute approximate surface area is 102 Å². The van der Waals surface area contributed by atoms with Gasteiger partial charge in [-0.3, -0.25) is 4.98 Å². The zero-order valence-electron chi connectivity index (χ0n) is 10.4. The highest BCUT2D eigenvalue weighted by molar-refractivity contribution is 5.73. The summed E-state index contributed by atoms with van der Waals surface area (Å²) in [6, 6.07) is 7.87. The van der Waals surface area contributed by atoms with E-state index >= 15 is 0 Å². The highest BCUT2D eigenvalue weighted by Gasteiger charge is 2.09. The molecule has 1 aromatic heterocycles. The average Bonchev–Trinajstić information content (AvgIpc) is 2.35. The van der Waals surface area contributed by atoms with Crippen LogP contribution >= 0.6 is 0 Å². The maximum Gasteiger partial charge on any atom is 0.0890 e. The number of hydrogen-bond donors (Lipinski definition) is 1. The molecule has 0 amide bonds. The zero-order chi connectivity index (χ0) is 12.3. The van der Waals surface area contributed by atoms with Gasteiger partial charge in [0.1, 0.15) is 0 Å². The Kier molecular flexibility index (Phi) is 3.69. The van der Waals surface area contributed by atoms with E-state index in [2.05, 4.69) is 23.8 Å². The number of hydrogen-bond acceptors (Lipinski definition) is 3. The summed E-state index contributed by atoms with van der Waals surface area (Å²) >= 11 is 0. The van der Waals surface area contributed by atoms with E-state index in [1.165, 1.54) is 0 Å². The van der Waals surface area contributed by atoms with Crippen molar-refractivity contribution in [2.45, 2.75) is 32.7 Å². The monoisotopic (exact) mass is 229 g/mol. The van der Waals surface area contributed by atoms with Crippen molar-refractivity contribution >= 4 is 11.0 Å². The first-order chi connectivity index (χ1) is 8.16. The molecule has 0 fully saturated rings. The summed E-state index contributed by atoms with van der Waals surface area (Å²) in [4.78, 5) is 8.95. The summed E-state index contributed by atoms with van der Waals surface area (Å²) in [5.74, 6) is 0.675. The van der Waals surface area contributed by atoms with E-state index < -0.39 is 0 Å². The van der Waals surface area contributed by atoms with Crippen molar-refractivity contribution < 1.29 is 0 Å². The minimum absolute atomic E-state index is 0.00509. The predicted molar refractivity (Wildman–Crippen MR) is 70.5 cm³/mol. The van der Waals surface area contributed by atoms with Crippen LogP contribution < -0.4 is 5.73 Å². The Morgan fingerprint density at radius 3 is 2.53 bits per heavy atom. The second-order valence-electron chi connectivity index (χ2n) is 4.86. The van der Waals surface area contributed by atoms with Crippen LogP contribution in [0.25, 0.3) is 11.0 Å². The van der Waals surface area contributed by atoms with Gasteiger partial charge in [0.05, 0.1) is 22.9 Å². The number of aromatic nitrogens is 2. The molecule has 2 N–H and O–H groups in total. The number of rotatable bonds is 4. The molecular formula is C14H19N3. The lowest BCUT2D eigenvalue weighted by atomic mass is 10.0. The maximum absolute atomic E-state index is 6.13. The van der Waals surface area contributed by atoms with E-state index in [4.69, 9.17) is 5.73 Å². The van der Waals surface area contributed by atoms with Gasteiger partial charge in [-0.2, -0.15) is 0 Å². The van der Waals surface area contributed by atoms with Gasteiger partial charge in [-0.15, -0.1) is 0 Å². The molecule has 90 valence electrons. The van der Waals surface area contributed by atoms with E-state index in [9.17, 15) is 0 Å². The van der Waals surface area contributed by atoms with Crippen LogP contribution in [0.3, 0.4) is 0 Å². The van der Waals surface area contributed by atoms with E-state index in [0.29, 0.717) is 5.92 Å². The standard InChI is InChI=1S/C14H19N3/c1-10(2)7-8-11(15)14-9-16-12-5-3-4-6-13(12)17-14/h3-6,9-11H,7-8,15H2,1-2H3. The topological polar surface area (TPSA) is 51.8 Å². The molecule has 1 heterocycles. The van der Waals surface area contributed by atoms with Gasteiger partial charge in [-0.25, -0.2) is 4.98 Å². The van der Waals surface area contributed by atoms with E-state index in [1.807, 2.05) is 24.3 Å².